The van der Waals surface area contributed by atoms with Gasteiger partial charge < -0.3 is 14.6 Å². The molecule has 7 heteroatoms. The predicted molar refractivity (Wildman–Crippen MR) is 134 cm³/mol. The molecule has 0 unspecified atom stereocenters. The monoisotopic (exact) mass is 473 g/mol. The van der Waals surface area contributed by atoms with Crippen molar-refractivity contribution in [3.8, 4) is 38.7 Å². The number of thiazole rings is 1. The maximum Gasteiger partial charge on any atom is 0.184 e. The van der Waals surface area contributed by atoms with Gasteiger partial charge in [-0.15, -0.1) is 0 Å². The van der Waals surface area contributed by atoms with Crippen LogP contribution in [0.5, 0.6) is 5.75 Å². The molecule has 2 aromatic heterocycles. The largest absolute Gasteiger partial charge is 0.497 e. The molecular formula is C26H20ClN3O2S. The van der Waals surface area contributed by atoms with Gasteiger partial charge in [0.25, 0.3) is 0 Å². The van der Waals surface area contributed by atoms with Gasteiger partial charge in [-0.1, -0.05) is 70.6 Å². The molecule has 0 aliphatic rings. The van der Waals surface area contributed by atoms with Crippen LogP contribution in [0.1, 0.15) is 5.76 Å². The Morgan fingerprint density at radius 2 is 1.64 bits per heavy atom. The minimum Gasteiger partial charge on any atom is -0.497 e. The van der Waals surface area contributed by atoms with Gasteiger partial charge in [-0.05, 0) is 42.0 Å². The Labute approximate surface area is 200 Å². The van der Waals surface area contributed by atoms with Crippen molar-refractivity contribution in [3.05, 3.63) is 95.7 Å². The molecule has 0 bridgehead atoms. The number of hydrogen-bond acceptors (Lipinski definition) is 6. The highest BCUT2D eigenvalue weighted by Crippen LogP contribution is 2.39. The summed E-state index contributed by atoms with van der Waals surface area (Å²) in [5.41, 5.74) is 4.80. The smallest absolute Gasteiger partial charge is 0.184 e. The van der Waals surface area contributed by atoms with Gasteiger partial charge in [-0.3, -0.25) is 0 Å². The van der Waals surface area contributed by atoms with Crippen LogP contribution < -0.4 is 10.1 Å². The number of rotatable bonds is 7. The first-order chi connectivity index (χ1) is 16.2. The number of nitrogens with one attached hydrogen (secondary N) is 1. The Bertz CT molecular complexity index is 1350. The summed E-state index contributed by atoms with van der Waals surface area (Å²) >= 11 is 7.69. The van der Waals surface area contributed by atoms with Gasteiger partial charge in [0.2, 0.25) is 0 Å². The zero-order valence-electron chi connectivity index (χ0n) is 17.8. The summed E-state index contributed by atoms with van der Waals surface area (Å²) in [7, 11) is 1.65. The molecule has 5 nitrogen and oxygen atoms in total. The van der Waals surface area contributed by atoms with Gasteiger partial charge in [-0.2, -0.15) is 0 Å². The Morgan fingerprint density at radius 1 is 0.909 bits per heavy atom. The molecular weight excluding hydrogens is 454 g/mol. The highest BCUT2D eigenvalue weighted by atomic mass is 35.5. The van der Waals surface area contributed by atoms with E-state index in [-0.39, 0.29) is 0 Å². The summed E-state index contributed by atoms with van der Waals surface area (Å²) < 4.78 is 10.7. The molecule has 164 valence electrons. The van der Waals surface area contributed by atoms with E-state index in [1.165, 1.54) is 0 Å². The maximum atomic E-state index is 6.09. The van der Waals surface area contributed by atoms with Gasteiger partial charge in [0.1, 0.15) is 11.4 Å². The average molecular weight is 474 g/mol. The minimum atomic E-state index is 0.477. The lowest BCUT2D eigenvalue weighted by Gasteiger charge is -2.02. The second kappa shape index (κ2) is 9.48. The zero-order valence-corrected chi connectivity index (χ0v) is 19.4. The number of hydrogen-bond donors (Lipinski definition) is 1. The molecule has 0 fully saturated rings. The van der Waals surface area contributed by atoms with E-state index in [0.717, 1.165) is 49.6 Å². The molecule has 3 aromatic carbocycles. The van der Waals surface area contributed by atoms with Crippen molar-refractivity contribution in [2.24, 2.45) is 0 Å². The maximum absolute atomic E-state index is 6.09. The Kier molecular flexibility index (Phi) is 6.11. The molecule has 0 atom stereocenters. The Hall–Kier alpha value is -3.61. The van der Waals surface area contributed by atoms with E-state index in [1.54, 1.807) is 18.4 Å². The molecule has 0 saturated carbocycles. The SMILES string of the molecule is COc1ccc(-c2cc(CNc3nc(-c4ccc(Cl)cc4)c(-c4ccccc4)s3)on2)cc1. The Morgan fingerprint density at radius 3 is 2.36 bits per heavy atom. The van der Waals surface area contributed by atoms with Crippen LogP contribution in [0.3, 0.4) is 0 Å². The third kappa shape index (κ3) is 4.77. The molecule has 0 spiro atoms. The first-order valence-electron chi connectivity index (χ1n) is 10.4. The van der Waals surface area contributed by atoms with E-state index >= 15 is 0 Å². The first-order valence-corrected chi connectivity index (χ1v) is 11.5. The number of anilines is 1. The molecule has 0 saturated heterocycles. The number of aromatic nitrogens is 2. The molecule has 5 aromatic rings. The van der Waals surface area contributed by atoms with Crippen LogP contribution in [0.2, 0.25) is 5.02 Å². The third-order valence-corrected chi connectivity index (χ3v) is 6.45. The van der Waals surface area contributed by atoms with Crippen molar-refractivity contribution >= 4 is 28.1 Å². The highest BCUT2D eigenvalue weighted by molar-refractivity contribution is 7.19. The number of halogens is 1. The lowest BCUT2D eigenvalue weighted by Crippen LogP contribution is -1.97. The minimum absolute atomic E-state index is 0.477. The topological polar surface area (TPSA) is 60.2 Å². The fourth-order valence-corrected chi connectivity index (χ4v) is 4.56. The molecule has 0 amide bonds. The van der Waals surface area contributed by atoms with Crippen molar-refractivity contribution in [2.45, 2.75) is 6.54 Å². The van der Waals surface area contributed by atoms with E-state index in [4.69, 9.17) is 25.8 Å². The molecule has 2 heterocycles. The fraction of sp³-hybridized carbons (Fsp3) is 0.0769. The summed E-state index contributed by atoms with van der Waals surface area (Å²) in [5, 5.41) is 9.09. The molecule has 1 N–H and O–H groups in total. The van der Waals surface area contributed by atoms with Crippen molar-refractivity contribution in [1.82, 2.24) is 10.1 Å². The summed E-state index contributed by atoms with van der Waals surface area (Å²) in [6.07, 6.45) is 0. The number of ether oxygens (including phenoxy) is 1. The molecule has 0 radical (unpaired) electrons. The lowest BCUT2D eigenvalue weighted by molar-refractivity contribution is 0.390. The van der Waals surface area contributed by atoms with Gasteiger partial charge in [0.05, 0.1) is 24.2 Å². The molecule has 5 rings (SSSR count). The van der Waals surface area contributed by atoms with Gasteiger partial charge in [0, 0.05) is 22.2 Å². The summed E-state index contributed by atoms with van der Waals surface area (Å²) in [6.45, 7) is 0.477. The van der Waals surface area contributed by atoms with Crippen LogP contribution in [0.25, 0.3) is 33.0 Å². The van der Waals surface area contributed by atoms with Gasteiger partial charge >= 0.3 is 0 Å². The second-order valence-corrected chi connectivity index (χ2v) is 8.77. The van der Waals surface area contributed by atoms with Crippen LogP contribution in [0.4, 0.5) is 5.13 Å². The van der Waals surface area contributed by atoms with Crippen LogP contribution in [-0.2, 0) is 6.54 Å². The normalized spacial score (nSPS) is 10.8. The van der Waals surface area contributed by atoms with E-state index in [0.29, 0.717) is 11.6 Å². The van der Waals surface area contributed by atoms with Crippen molar-refractivity contribution in [3.63, 3.8) is 0 Å². The quantitative estimate of drug-likeness (QED) is 0.266. The number of methoxy groups -OCH3 is 1. The third-order valence-electron chi connectivity index (χ3n) is 5.14. The molecule has 0 aliphatic carbocycles. The zero-order chi connectivity index (χ0) is 22.6. The number of benzene rings is 3. The van der Waals surface area contributed by atoms with Crippen molar-refractivity contribution in [1.29, 1.82) is 0 Å². The predicted octanol–water partition coefficient (Wildman–Crippen LogP) is 7.41. The second-order valence-electron chi connectivity index (χ2n) is 7.33. The number of nitrogens with zero attached hydrogens (tertiary/aromatic N) is 2. The summed E-state index contributed by atoms with van der Waals surface area (Å²) in [6, 6.07) is 27.7. The average Bonchev–Trinajstić information content (AvgIpc) is 3.51. The molecule has 0 aliphatic heterocycles. The van der Waals surface area contributed by atoms with E-state index in [1.807, 2.05) is 72.8 Å². The van der Waals surface area contributed by atoms with Crippen LogP contribution >= 0.6 is 22.9 Å². The standard InChI is InChI=1S/C26H20ClN3O2S/c1-31-21-13-9-17(10-14-21)23-15-22(32-30-23)16-28-26-29-24(18-7-11-20(27)12-8-18)25(33-26)19-5-3-2-4-6-19/h2-15H,16H2,1H3,(H,28,29). The van der Waals surface area contributed by atoms with Gasteiger partial charge in [-0.25, -0.2) is 4.98 Å². The van der Waals surface area contributed by atoms with E-state index in [9.17, 15) is 0 Å². The van der Waals surface area contributed by atoms with E-state index < -0.39 is 0 Å². The fourth-order valence-electron chi connectivity index (χ4n) is 3.44. The van der Waals surface area contributed by atoms with Crippen LogP contribution in [0, 0.1) is 0 Å². The van der Waals surface area contributed by atoms with Crippen molar-refractivity contribution < 1.29 is 9.26 Å². The summed E-state index contributed by atoms with van der Waals surface area (Å²) in [5.74, 6) is 1.53. The van der Waals surface area contributed by atoms with Crippen LogP contribution in [0.15, 0.2) is 89.5 Å². The van der Waals surface area contributed by atoms with Crippen LogP contribution in [-0.4, -0.2) is 17.3 Å². The van der Waals surface area contributed by atoms with Gasteiger partial charge in [0.15, 0.2) is 10.9 Å². The first kappa shape index (κ1) is 21.2. The van der Waals surface area contributed by atoms with Crippen molar-refractivity contribution in [2.75, 3.05) is 12.4 Å². The Balaban J connectivity index is 1.38. The highest BCUT2D eigenvalue weighted by Gasteiger charge is 2.16. The lowest BCUT2D eigenvalue weighted by atomic mass is 10.1. The summed E-state index contributed by atoms with van der Waals surface area (Å²) in [4.78, 5) is 5.97. The molecule has 33 heavy (non-hydrogen) atoms. The van der Waals surface area contributed by atoms with E-state index in [2.05, 4.69) is 22.6 Å².